The van der Waals surface area contributed by atoms with Crippen molar-refractivity contribution in [2.45, 2.75) is 56.1 Å². The molecule has 4 fully saturated rings. The zero-order chi connectivity index (χ0) is 18.8. The van der Waals surface area contributed by atoms with Crippen LogP contribution in [-0.4, -0.2) is 36.5 Å². The van der Waals surface area contributed by atoms with Gasteiger partial charge in [-0.1, -0.05) is 0 Å². The summed E-state index contributed by atoms with van der Waals surface area (Å²) in [5, 5.41) is -5.68. The van der Waals surface area contributed by atoms with Crippen molar-refractivity contribution in [1.29, 1.82) is 0 Å². The first-order chi connectivity index (χ1) is 11.2. The summed E-state index contributed by atoms with van der Waals surface area (Å²) in [5.74, 6) is -1.02. The maximum Gasteiger partial charge on any atom is 1.00 e. The summed E-state index contributed by atoms with van der Waals surface area (Å²) in [7, 11) is -6.42. The third kappa shape index (κ3) is 3.78. The summed E-state index contributed by atoms with van der Waals surface area (Å²) in [6.07, 6.45) is -6.73. The molecular weight excluding hydrogens is 398 g/mol. The van der Waals surface area contributed by atoms with Gasteiger partial charge >= 0.3 is 57.1 Å². The van der Waals surface area contributed by atoms with Crippen molar-refractivity contribution in [1.82, 2.24) is 0 Å². The average Bonchev–Trinajstić information content (AvgIpc) is 2.40. The van der Waals surface area contributed by atoms with Gasteiger partial charge in [-0.15, -0.1) is 0 Å². The van der Waals surface area contributed by atoms with E-state index in [4.69, 9.17) is 4.55 Å². The van der Waals surface area contributed by atoms with Crippen LogP contribution in [0.3, 0.4) is 0 Å². The molecule has 4 aliphatic carbocycles. The normalized spacial score (nSPS) is 34.9. The van der Waals surface area contributed by atoms with Crippen LogP contribution in [0.1, 0.15) is 40.0 Å². The molecule has 4 rings (SSSR count). The van der Waals surface area contributed by atoms with Gasteiger partial charge in [0.15, 0.2) is 0 Å². The summed E-state index contributed by atoms with van der Waals surface area (Å²) in [6, 6.07) is 0. The number of hydrogen-bond donors (Lipinski definition) is 1. The van der Waals surface area contributed by atoms with Crippen LogP contribution in [0.15, 0.2) is 0 Å². The van der Waals surface area contributed by atoms with Gasteiger partial charge in [-0.25, -0.2) is 0 Å². The Kier molecular flexibility index (Phi) is 5.86. The number of carbonyl (C=O) groups excluding carboxylic acids is 1. The average molecular weight is 416 g/mol. The van der Waals surface area contributed by atoms with E-state index in [1.807, 2.05) is 0 Å². The first-order valence-electron chi connectivity index (χ1n) is 7.87. The van der Waals surface area contributed by atoms with Crippen LogP contribution in [0.4, 0.5) is 22.0 Å². The van der Waals surface area contributed by atoms with E-state index in [0.29, 0.717) is 0 Å². The van der Waals surface area contributed by atoms with Crippen LogP contribution < -0.4 is 29.6 Å². The Labute approximate surface area is 170 Å². The quantitative estimate of drug-likeness (QED) is 0.308. The summed E-state index contributed by atoms with van der Waals surface area (Å²) >= 11 is 0. The fourth-order valence-corrected chi connectivity index (χ4v) is 5.51. The van der Waals surface area contributed by atoms with Crippen LogP contribution in [0, 0.1) is 23.2 Å². The molecule has 4 bridgehead atoms. The van der Waals surface area contributed by atoms with Crippen molar-refractivity contribution < 1.29 is 75.4 Å². The molecule has 0 saturated heterocycles. The molecule has 26 heavy (non-hydrogen) atoms. The van der Waals surface area contributed by atoms with Crippen molar-refractivity contribution in [3.8, 4) is 0 Å². The van der Waals surface area contributed by atoms with Gasteiger partial charge in [0.1, 0.15) is 0 Å². The van der Waals surface area contributed by atoms with E-state index in [1.54, 1.807) is 0 Å². The second-order valence-corrected chi connectivity index (χ2v) is 9.06. The molecule has 4 aliphatic rings. The number of halogens is 5. The van der Waals surface area contributed by atoms with Crippen LogP contribution >= 0.6 is 0 Å². The van der Waals surface area contributed by atoms with Crippen LogP contribution in [0.5, 0.6) is 0 Å². The third-order valence-corrected chi connectivity index (χ3v) is 6.54. The maximum atomic E-state index is 13.6. The van der Waals surface area contributed by atoms with Crippen molar-refractivity contribution in [2.24, 2.45) is 23.2 Å². The standard InChI is InChI=1S/C14H17F5O5S.Na.H/c15-13(16,17)10(14(18,19)25(21,22)23)24-11(20)12-4-7-1-8(5-12)3-9(2-7)6-12;;/h7-10H,1-6H2,(H,21,22,23);;/q;+1;-1. The van der Waals surface area contributed by atoms with Gasteiger partial charge in [0, 0.05) is 0 Å². The Morgan fingerprint density at radius 3 is 1.73 bits per heavy atom. The molecule has 0 radical (unpaired) electrons. The van der Waals surface area contributed by atoms with E-state index in [-0.39, 0.29) is 68.0 Å². The summed E-state index contributed by atoms with van der Waals surface area (Å²) in [6.45, 7) is 0. The molecule has 1 N–H and O–H groups in total. The molecule has 0 spiro atoms. The van der Waals surface area contributed by atoms with Crippen molar-refractivity contribution in [3.63, 3.8) is 0 Å². The predicted molar refractivity (Wildman–Crippen MR) is 74.1 cm³/mol. The number of alkyl halides is 5. The second-order valence-electron chi connectivity index (χ2n) is 7.56. The molecular formula is C14H18F5NaO5S. The molecule has 0 aromatic rings. The fourth-order valence-electron chi connectivity index (χ4n) is 5.05. The number of esters is 1. The monoisotopic (exact) mass is 416 g/mol. The van der Waals surface area contributed by atoms with E-state index in [1.165, 1.54) is 0 Å². The first-order valence-corrected chi connectivity index (χ1v) is 9.31. The van der Waals surface area contributed by atoms with E-state index in [9.17, 15) is 35.2 Å². The maximum absolute atomic E-state index is 13.6. The molecule has 0 aromatic heterocycles. The Hall–Kier alpha value is 0.0300. The van der Waals surface area contributed by atoms with Crippen molar-refractivity contribution >= 4 is 16.1 Å². The molecule has 1 atom stereocenters. The van der Waals surface area contributed by atoms with Crippen molar-refractivity contribution in [2.75, 3.05) is 0 Å². The summed E-state index contributed by atoms with van der Waals surface area (Å²) < 4.78 is 99.9. The number of rotatable bonds is 4. The van der Waals surface area contributed by atoms with E-state index in [2.05, 4.69) is 4.74 Å². The molecule has 0 aromatic carbocycles. The zero-order valence-electron chi connectivity index (χ0n) is 14.9. The van der Waals surface area contributed by atoms with Crippen LogP contribution in [0.25, 0.3) is 0 Å². The zero-order valence-corrected chi connectivity index (χ0v) is 16.7. The molecule has 146 valence electrons. The van der Waals surface area contributed by atoms with Gasteiger partial charge in [-0.3, -0.25) is 9.35 Å². The van der Waals surface area contributed by atoms with Crippen molar-refractivity contribution in [3.05, 3.63) is 0 Å². The Morgan fingerprint density at radius 2 is 1.42 bits per heavy atom. The molecule has 0 aliphatic heterocycles. The Balaban J connectivity index is 0.00000182. The fraction of sp³-hybridized carbons (Fsp3) is 0.929. The smallest absolute Gasteiger partial charge is 1.00 e. The van der Waals surface area contributed by atoms with Gasteiger partial charge < -0.3 is 6.16 Å². The number of carbonyl (C=O) groups is 1. The SMILES string of the molecule is O=C(OC(C(F)(F)F)C(F)(F)S(=O)(=O)O)C12CC3CC(CC(C3)C1)C2.[H-].[Na+]. The molecule has 4 saturated carbocycles. The third-order valence-electron chi connectivity index (χ3n) is 5.64. The van der Waals surface area contributed by atoms with Crippen LogP contribution in [0.2, 0.25) is 0 Å². The molecule has 0 heterocycles. The first kappa shape index (κ1) is 22.3. The van der Waals surface area contributed by atoms with E-state index >= 15 is 0 Å². The second kappa shape index (κ2) is 6.82. The molecule has 0 amide bonds. The van der Waals surface area contributed by atoms with E-state index in [0.717, 1.165) is 19.3 Å². The largest absolute Gasteiger partial charge is 1.00 e. The van der Waals surface area contributed by atoms with E-state index < -0.39 is 39.0 Å². The minimum absolute atomic E-state index is 0. The van der Waals surface area contributed by atoms with Gasteiger partial charge in [0.25, 0.3) is 6.10 Å². The summed E-state index contributed by atoms with van der Waals surface area (Å²) in [4.78, 5) is 12.4. The molecule has 12 heteroatoms. The molecule has 5 nitrogen and oxygen atoms in total. The van der Waals surface area contributed by atoms with Gasteiger partial charge in [-0.2, -0.15) is 30.4 Å². The van der Waals surface area contributed by atoms with Gasteiger partial charge in [0.2, 0.25) is 0 Å². The minimum atomic E-state index is -6.42. The predicted octanol–water partition coefficient (Wildman–Crippen LogP) is 0.274. The number of hydrogen-bond acceptors (Lipinski definition) is 4. The van der Waals surface area contributed by atoms with Gasteiger partial charge in [0.05, 0.1) is 5.41 Å². The van der Waals surface area contributed by atoms with Crippen LogP contribution in [-0.2, 0) is 19.6 Å². The molecule has 1 unspecified atom stereocenters. The minimum Gasteiger partial charge on any atom is -1.00 e. The summed E-state index contributed by atoms with van der Waals surface area (Å²) in [5.41, 5.74) is -1.27. The number of ether oxygens (including phenoxy) is 1. The Bertz CT molecular complexity index is 649. The van der Waals surface area contributed by atoms with Gasteiger partial charge in [-0.05, 0) is 56.3 Å². The Morgan fingerprint density at radius 1 is 1.04 bits per heavy atom. The topological polar surface area (TPSA) is 80.7 Å².